The van der Waals surface area contributed by atoms with Gasteiger partial charge in [-0.15, -0.1) is 0 Å². The highest BCUT2D eigenvalue weighted by Gasteiger charge is 2.54. The van der Waals surface area contributed by atoms with Crippen molar-refractivity contribution in [1.29, 1.82) is 0 Å². The lowest BCUT2D eigenvalue weighted by Crippen LogP contribution is -2.62. The third kappa shape index (κ3) is 2.79. The van der Waals surface area contributed by atoms with Gasteiger partial charge in [0.05, 0.1) is 5.60 Å². The lowest BCUT2D eigenvalue weighted by Gasteiger charge is -2.43. The highest BCUT2D eigenvalue weighted by molar-refractivity contribution is 5.86. The fourth-order valence-corrected chi connectivity index (χ4v) is 2.72. The number of carbonyl (C=O) groups is 2. The Morgan fingerprint density at radius 1 is 1.04 bits per heavy atom. The summed E-state index contributed by atoms with van der Waals surface area (Å²) in [6.45, 7) is 6.38. The predicted molar refractivity (Wildman–Crippen MR) is 89.4 cm³/mol. The molecular formula is C17H26N2O5. The summed E-state index contributed by atoms with van der Waals surface area (Å²) in [5.41, 5.74) is 7.64. The average molecular weight is 338 g/mol. The number of rotatable bonds is 7. The molecule has 0 heterocycles. The van der Waals surface area contributed by atoms with Gasteiger partial charge < -0.3 is 26.4 Å². The molecule has 2 unspecified atom stereocenters. The summed E-state index contributed by atoms with van der Waals surface area (Å²) in [6.07, 6.45) is 0. The second-order valence-corrected chi connectivity index (χ2v) is 6.70. The van der Waals surface area contributed by atoms with Gasteiger partial charge in [0.2, 0.25) is 0 Å². The Balaban J connectivity index is 3.86. The zero-order valence-electron chi connectivity index (χ0n) is 14.7. The Hall–Kier alpha value is -1.96. The van der Waals surface area contributed by atoms with Crippen molar-refractivity contribution in [2.45, 2.75) is 44.4 Å². The molecule has 24 heavy (non-hydrogen) atoms. The Morgan fingerprint density at radius 2 is 1.50 bits per heavy atom. The molecule has 0 fully saturated rings. The van der Waals surface area contributed by atoms with Crippen molar-refractivity contribution < 1.29 is 24.5 Å². The van der Waals surface area contributed by atoms with Crippen LogP contribution in [0.2, 0.25) is 0 Å². The maximum atomic E-state index is 12.1. The van der Waals surface area contributed by atoms with Crippen LogP contribution in [0.15, 0.2) is 24.3 Å². The smallest absolute Gasteiger partial charge is 0.331 e. The Kier molecular flexibility index (Phi) is 5.44. The van der Waals surface area contributed by atoms with E-state index in [1.54, 1.807) is 26.0 Å². The van der Waals surface area contributed by atoms with E-state index in [9.17, 15) is 19.8 Å². The molecule has 1 aromatic rings. The Labute approximate surface area is 141 Å². The zero-order valence-corrected chi connectivity index (χ0v) is 14.7. The van der Waals surface area contributed by atoms with Crippen molar-refractivity contribution in [3.05, 3.63) is 35.4 Å². The number of benzene rings is 1. The van der Waals surface area contributed by atoms with Gasteiger partial charge in [0.25, 0.3) is 0 Å². The van der Waals surface area contributed by atoms with Gasteiger partial charge in [-0.2, -0.15) is 0 Å². The first-order valence-corrected chi connectivity index (χ1v) is 7.57. The molecule has 0 aliphatic carbocycles. The van der Waals surface area contributed by atoms with E-state index in [-0.39, 0.29) is 11.1 Å². The summed E-state index contributed by atoms with van der Waals surface area (Å²) in [4.78, 5) is 23.9. The molecule has 0 radical (unpaired) electrons. The van der Waals surface area contributed by atoms with Crippen molar-refractivity contribution in [3.63, 3.8) is 0 Å². The van der Waals surface area contributed by atoms with Crippen LogP contribution in [0, 0.1) is 5.92 Å². The molecule has 0 spiro atoms. The van der Waals surface area contributed by atoms with Crippen molar-refractivity contribution in [1.82, 2.24) is 0 Å². The Morgan fingerprint density at radius 3 is 1.83 bits per heavy atom. The second-order valence-electron chi connectivity index (χ2n) is 6.70. The van der Waals surface area contributed by atoms with Crippen LogP contribution in [0.5, 0.6) is 0 Å². The van der Waals surface area contributed by atoms with E-state index in [1.807, 2.05) is 0 Å². The fraction of sp³-hybridized carbons (Fsp3) is 0.529. The quantitative estimate of drug-likeness (QED) is 0.587. The van der Waals surface area contributed by atoms with Crippen molar-refractivity contribution in [2.24, 2.45) is 17.4 Å². The first kappa shape index (κ1) is 20.1. The van der Waals surface area contributed by atoms with E-state index in [0.29, 0.717) is 0 Å². The minimum absolute atomic E-state index is 0.114. The molecule has 0 saturated carbocycles. The van der Waals surface area contributed by atoms with Gasteiger partial charge in [0.15, 0.2) is 5.54 Å². The molecule has 1 rings (SSSR count). The topological polar surface area (TPSA) is 136 Å². The van der Waals surface area contributed by atoms with E-state index in [2.05, 4.69) is 0 Å². The van der Waals surface area contributed by atoms with Crippen molar-refractivity contribution in [2.75, 3.05) is 7.11 Å². The van der Waals surface area contributed by atoms with Crippen molar-refractivity contribution >= 4 is 11.9 Å². The molecule has 2 atom stereocenters. The molecule has 0 aliphatic heterocycles. The summed E-state index contributed by atoms with van der Waals surface area (Å²) in [6, 6.07) is 6.18. The van der Waals surface area contributed by atoms with Gasteiger partial charge in [-0.3, -0.25) is 0 Å². The normalized spacial score (nSPS) is 17.2. The number of methoxy groups -OCH3 is 1. The summed E-state index contributed by atoms with van der Waals surface area (Å²) in [7, 11) is 1.35. The second kappa shape index (κ2) is 6.51. The minimum atomic E-state index is -1.99. The highest BCUT2D eigenvalue weighted by Crippen LogP contribution is 2.40. The molecule has 0 aromatic heterocycles. The molecule has 6 N–H and O–H groups in total. The number of aliphatic carboxylic acids is 2. The van der Waals surface area contributed by atoms with Gasteiger partial charge in [-0.25, -0.2) is 9.59 Å². The molecule has 7 heteroatoms. The number of nitrogens with two attached hydrogens (primary N) is 2. The lowest BCUT2D eigenvalue weighted by molar-refractivity contribution is -0.157. The van der Waals surface area contributed by atoms with Gasteiger partial charge in [0, 0.05) is 7.11 Å². The molecule has 1 aromatic carbocycles. The third-order valence-electron chi connectivity index (χ3n) is 4.86. The number of hydrogen-bond acceptors (Lipinski definition) is 5. The van der Waals surface area contributed by atoms with Crippen molar-refractivity contribution in [3.8, 4) is 0 Å². The zero-order chi connectivity index (χ0) is 18.9. The van der Waals surface area contributed by atoms with Gasteiger partial charge >= 0.3 is 11.9 Å². The number of carboxylic acid groups (broad SMARTS) is 2. The summed E-state index contributed by atoms with van der Waals surface area (Å²) in [5, 5.41) is 19.5. The lowest BCUT2D eigenvalue weighted by atomic mass is 9.69. The third-order valence-corrected chi connectivity index (χ3v) is 4.86. The van der Waals surface area contributed by atoms with E-state index < -0.39 is 34.5 Å². The summed E-state index contributed by atoms with van der Waals surface area (Å²) in [5.74, 6) is -3.09. The molecule has 0 bridgehead atoms. The van der Waals surface area contributed by atoms with E-state index >= 15 is 0 Å². The van der Waals surface area contributed by atoms with Crippen LogP contribution in [-0.2, 0) is 25.4 Å². The first-order valence-electron chi connectivity index (χ1n) is 7.57. The van der Waals surface area contributed by atoms with Crippen LogP contribution in [0.1, 0.15) is 38.8 Å². The Bertz CT molecular complexity index is 644. The number of hydrogen-bond donors (Lipinski definition) is 4. The van der Waals surface area contributed by atoms with E-state index in [4.69, 9.17) is 16.2 Å². The maximum Gasteiger partial charge on any atom is 0.331 e. The number of ether oxygens (including phenoxy) is 1. The average Bonchev–Trinajstić information content (AvgIpc) is 2.52. The molecular weight excluding hydrogens is 312 g/mol. The standard InChI is InChI=1S/C17H26N2O5/c1-10(2)16(18,13(20)21)11-8-6-7-9-12(11)17(19,14(22)23)15(3,4)24-5/h6-10H,18-19H2,1-5H3,(H,20,21)(H,22,23). The van der Waals surface area contributed by atoms with E-state index in [1.165, 1.54) is 33.1 Å². The van der Waals surface area contributed by atoms with Crippen LogP contribution in [0.3, 0.4) is 0 Å². The van der Waals surface area contributed by atoms with Crippen LogP contribution >= 0.6 is 0 Å². The monoisotopic (exact) mass is 338 g/mol. The van der Waals surface area contributed by atoms with Gasteiger partial charge in [0.1, 0.15) is 5.54 Å². The summed E-state index contributed by atoms with van der Waals surface area (Å²) < 4.78 is 5.31. The van der Waals surface area contributed by atoms with Crippen LogP contribution in [-0.4, -0.2) is 34.9 Å². The summed E-state index contributed by atoms with van der Waals surface area (Å²) >= 11 is 0. The van der Waals surface area contributed by atoms with Gasteiger partial charge in [-0.1, -0.05) is 38.1 Å². The number of carboxylic acids is 2. The predicted octanol–water partition coefficient (Wildman–Crippen LogP) is 1.24. The fourth-order valence-electron chi connectivity index (χ4n) is 2.72. The first-order chi connectivity index (χ1) is 10.9. The molecule has 0 aliphatic rings. The molecule has 7 nitrogen and oxygen atoms in total. The molecule has 134 valence electrons. The van der Waals surface area contributed by atoms with Crippen LogP contribution in [0.4, 0.5) is 0 Å². The maximum absolute atomic E-state index is 12.1. The van der Waals surface area contributed by atoms with Gasteiger partial charge in [-0.05, 0) is 30.9 Å². The van der Waals surface area contributed by atoms with Crippen LogP contribution in [0.25, 0.3) is 0 Å². The van der Waals surface area contributed by atoms with E-state index in [0.717, 1.165) is 0 Å². The largest absolute Gasteiger partial charge is 0.480 e. The SMILES string of the molecule is COC(C)(C)C(N)(C(=O)O)c1ccccc1C(N)(C(=O)O)C(C)C. The van der Waals surface area contributed by atoms with Crippen LogP contribution < -0.4 is 11.5 Å². The molecule has 0 saturated heterocycles. The molecule has 0 amide bonds. The minimum Gasteiger partial charge on any atom is -0.480 e. The highest BCUT2D eigenvalue weighted by atomic mass is 16.5.